The summed E-state index contributed by atoms with van der Waals surface area (Å²) in [6.07, 6.45) is 8.67. The van der Waals surface area contributed by atoms with E-state index < -0.39 is 53.9 Å². The van der Waals surface area contributed by atoms with E-state index in [2.05, 4.69) is 28.5 Å². The van der Waals surface area contributed by atoms with Gasteiger partial charge in [-0.1, -0.05) is 30.5 Å². The first-order valence-corrected chi connectivity index (χ1v) is 13.9. The molecule has 0 bridgehead atoms. The van der Waals surface area contributed by atoms with Gasteiger partial charge in [-0.3, -0.25) is 0 Å². The second-order valence-corrected chi connectivity index (χ2v) is 13.6. The van der Waals surface area contributed by atoms with Gasteiger partial charge in [0.05, 0.1) is 6.04 Å². The lowest BCUT2D eigenvalue weighted by Crippen LogP contribution is -2.50. The predicted molar refractivity (Wildman–Crippen MR) is 168 cm³/mol. The van der Waals surface area contributed by atoms with Crippen LogP contribution in [0.5, 0.6) is 0 Å². The van der Waals surface area contributed by atoms with Gasteiger partial charge in [0.25, 0.3) is 0 Å². The van der Waals surface area contributed by atoms with Gasteiger partial charge in [0, 0.05) is 0 Å². The van der Waals surface area contributed by atoms with Crippen LogP contribution in [0.3, 0.4) is 0 Å². The summed E-state index contributed by atoms with van der Waals surface area (Å²) in [5.41, 5.74) is -0.0712. The molecule has 0 aromatic carbocycles. The Balaban J connectivity index is -0.000000606. The average molecular weight is 631 g/mol. The van der Waals surface area contributed by atoms with Crippen molar-refractivity contribution in [3.05, 3.63) is 0 Å². The second kappa shape index (κ2) is 19.1. The van der Waals surface area contributed by atoms with Gasteiger partial charge in [-0.05, 0) is 102 Å². The topological polar surface area (TPSA) is 186 Å². The molecular weight excluding hydrogens is 575 g/mol. The molecule has 2 fully saturated rings. The molecule has 0 aromatic rings. The van der Waals surface area contributed by atoms with E-state index in [0.717, 1.165) is 25.7 Å². The van der Waals surface area contributed by atoms with Gasteiger partial charge in [0.2, 0.25) is 0 Å². The number of hydrazine groups is 1. The van der Waals surface area contributed by atoms with Crippen molar-refractivity contribution in [2.24, 2.45) is 10.2 Å². The number of carbonyl (C=O) groups excluding carboxylic acids is 4. The molecule has 3 N–H and O–H groups in total. The van der Waals surface area contributed by atoms with Crippen LogP contribution in [-0.4, -0.2) is 75.0 Å². The lowest BCUT2D eigenvalue weighted by Gasteiger charge is -2.28. The van der Waals surface area contributed by atoms with Crippen molar-refractivity contribution < 1.29 is 48.2 Å². The largest absolute Gasteiger partial charge is 0.454 e. The third-order valence-electron chi connectivity index (χ3n) is 4.16. The van der Waals surface area contributed by atoms with Crippen molar-refractivity contribution in [1.29, 1.82) is 0 Å². The molecule has 2 aliphatic carbocycles. The van der Waals surface area contributed by atoms with Gasteiger partial charge in [0.1, 0.15) is 22.4 Å². The molecule has 0 saturated heterocycles. The quantitative estimate of drug-likeness (QED) is 0.0981. The number of rotatable bonds is 2. The molecule has 14 nitrogen and oxygen atoms in total. The zero-order chi connectivity index (χ0) is 34.4. The maximum atomic E-state index is 12.0. The van der Waals surface area contributed by atoms with Crippen LogP contribution in [0.15, 0.2) is 10.2 Å². The predicted octanol–water partition coefficient (Wildman–Crippen LogP) is 6.64. The van der Waals surface area contributed by atoms with Crippen molar-refractivity contribution in [3.8, 4) is 12.8 Å². The molecule has 4 amide bonds. The van der Waals surface area contributed by atoms with Crippen LogP contribution < -0.4 is 5.43 Å². The molecule has 0 heterocycles. The van der Waals surface area contributed by atoms with Crippen molar-refractivity contribution in [2.75, 3.05) is 0 Å². The van der Waals surface area contributed by atoms with Gasteiger partial charge in [0.15, 0.2) is 0 Å². The van der Waals surface area contributed by atoms with E-state index in [1.165, 1.54) is 5.01 Å². The van der Waals surface area contributed by atoms with Gasteiger partial charge in [-0.2, -0.15) is 0 Å². The summed E-state index contributed by atoms with van der Waals surface area (Å²) < 4.78 is 20.0. The molecule has 44 heavy (non-hydrogen) atoms. The van der Waals surface area contributed by atoms with Crippen molar-refractivity contribution in [2.45, 2.75) is 150 Å². The lowest BCUT2D eigenvalue weighted by molar-refractivity contribution is -0.000697. The summed E-state index contributed by atoms with van der Waals surface area (Å²) >= 11 is 0. The number of azo groups is 1. The summed E-state index contributed by atoms with van der Waals surface area (Å²) in [5.74, 6) is 0.213. The number of nitrogens with one attached hydrogen (secondary N) is 1. The maximum Gasteiger partial charge on any atom is 0.454 e. The summed E-state index contributed by atoms with van der Waals surface area (Å²) in [6, 6.07) is 0.00219. The van der Waals surface area contributed by atoms with Crippen LogP contribution in [0, 0.1) is 12.8 Å². The highest BCUT2D eigenvalue weighted by Crippen LogP contribution is 2.36. The average Bonchev–Trinajstić information content (AvgIpc) is 3.66. The molecule has 0 unspecified atom stereocenters. The minimum atomic E-state index is -1.04. The van der Waals surface area contributed by atoms with Gasteiger partial charge >= 0.3 is 31.5 Å². The minimum Gasteiger partial charge on any atom is -0.443 e. The molecule has 2 rings (SSSR count). The normalized spacial score (nSPS) is 14.3. The van der Waals surface area contributed by atoms with E-state index in [0.29, 0.717) is 0 Å². The molecule has 2 aliphatic rings. The molecule has 0 aromatic heterocycles. The Kier molecular flexibility index (Phi) is 19.6. The van der Waals surface area contributed by atoms with E-state index in [1.807, 2.05) is 0 Å². The van der Waals surface area contributed by atoms with E-state index in [9.17, 15) is 19.2 Å². The zero-order valence-corrected chi connectivity index (χ0v) is 27.7. The first kappa shape index (κ1) is 45.1. The van der Waals surface area contributed by atoms with E-state index in [-0.39, 0.29) is 19.3 Å². The first-order valence-electron chi connectivity index (χ1n) is 13.9. The highest BCUT2D eigenvalue weighted by atomic mass is 16.6. The maximum absolute atomic E-state index is 12.0. The van der Waals surface area contributed by atoms with Crippen molar-refractivity contribution in [1.82, 2.24) is 10.4 Å². The Morgan fingerprint density at radius 1 is 0.682 bits per heavy atom. The van der Waals surface area contributed by atoms with Crippen LogP contribution in [-0.2, 0) is 18.9 Å². The molecular formula is C29H55BN4O10. The summed E-state index contributed by atoms with van der Waals surface area (Å²) in [5, 5.41) is 23.9. The third-order valence-corrected chi connectivity index (χ3v) is 4.16. The Hall–Kier alpha value is -3.38. The number of terminal acetylenes is 1. The molecule has 0 aliphatic heterocycles. The number of carbonyl (C=O) groups is 4. The standard InChI is InChI=1S/C13H24N2O4.C10H18N2O4.C3H7BO2.C2H2.CH4/c1-12(2,3)18-10(16)14-15(9-7-8-9)11(17)19-13(4,5)6;1-9(2,3)15-7(13)11-12-8(14)16-10(4,5)6;5-4(6)3-1-2-3;1-2;/h9H,7-8H2,1-6H3,(H,14,16);1-6H3;3,5-6H,1-2H2;1-2H;1H4. The summed E-state index contributed by atoms with van der Waals surface area (Å²) in [7, 11) is -1.04. The van der Waals surface area contributed by atoms with Gasteiger partial charge in [-0.15, -0.1) is 12.8 Å². The van der Waals surface area contributed by atoms with Crippen LogP contribution in [0.4, 0.5) is 19.2 Å². The number of hydrogen-bond donors (Lipinski definition) is 3. The molecule has 15 heteroatoms. The second-order valence-electron chi connectivity index (χ2n) is 13.6. The highest BCUT2D eigenvalue weighted by molar-refractivity contribution is 6.44. The Morgan fingerprint density at radius 2 is 1.02 bits per heavy atom. The SMILES string of the molecule is C.C#C.CC(C)(C)OC(=O)N=NC(=O)OC(C)(C)C.CC(C)(C)OC(=O)NN(C(=O)OC(C)(C)C)C1CC1.OB(O)C1CC1. The van der Waals surface area contributed by atoms with Crippen LogP contribution in [0.2, 0.25) is 5.82 Å². The molecule has 254 valence electrons. The van der Waals surface area contributed by atoms with Crippen molar-refractivity contribution in [3.63, 3.8) is 0 Å². The Morgan fingerprint density at radius 3 is 1.25 bits per heavy atom. The lowest BCUT2D eigenvalue weighted by atomic mass is 9.84. The van der Waals surface area contributed by atoms with Gasteiger partial charge in [-0.25, -0.2) is 29.6 Å². The smallest absolute Gasteiger partial charge is 0.443 e. The van der Waals surface area contributed by atoms with E-state index in [4.69, 9.17) is 29.0 Å². The zero-order valence-electron chi connectivity index (χ0n) is 27.7. The van der Waals surface area contributed by atoms with Crippen LogP contribution >= 0.6 is 0 Å². The number of ether oxygens (including phenoxy) is 4. The summed E-state index contributed by atoms with van der Waals surface area (Å²) in [4.78, 5) is 45.7. The first-order chi connectivity index (χ1) is 19.3. The van der Waals surface area contributed by atoms with Gasteiger partial charge < -0.3 is 29.0 Å². The third kappa shape index (κ3) is 28.7. The highest BCUT2D eigenvalue weighted by Gasteiger charge is 2.37. The van der Waals surface area contributed by atoms with E-state index in [1.54, 1.807) is 83.1 Å². The number of hydrogen-bond acceptors (Lipinski definition) is 10. The van der Waals surface area contributed by atoms with Crippen molar-refractivity contribution >= 4 is 31.5 Å². The Labute approximate surface area is 263 Å². The summed E-state index contributed by atoms with van der Waals surface area (Å²) in [6.45, 7) is 20.8. The fourth-order valence-electron chi connectivity index (χ4n) is 2.37. The van der Waals surface area contributed by atoms with Crippen LogP contribution in [0.25, 0.3) is 0 Å². The fourth-order valence-corrected chi connectivity index (χ4v) is 2.37. The Bertz CT molecular complexity index is 920. The number of nitrogens with zero attached hydrogens (tertiary/aromatic N) is 3. The van der Waals surface area contributed by atoms with Crippen LogP contribution in [0.1, 0.15) is 116 Å². The fraction of sp³-hybridized carbons (Fsp3) is 0.793. The molecule has 0 atom stereocenters. The molecule has 0 radical (unpaired) electrons. The molecule has 2 saturated carbocycles. The number of amides is 4. The molecule has 0 spiro atoms. The monoisotopic (exact) mass is 630 g/mol. The minimum absolute atomic E-state index is 0. The van der Waals surface area contributed by atoms with E-state index >= 15 is 0 Å².